The van der Waals surface area contributed by atoms with E-state index in [0.29, 0.717) is 0 Å². The van der Waals surface area contributed by atoms with Gasteiger partial charge in [-0.2, -0.15) is 0 Å². The van der Waals surface area contributed by atoms with Crippen LogP contribution in [0.4, 0.5) is 5.69 Å². The van der Waals surface area contributed by atoms with Gasteiger partial charge in [-0.25, -0.2) is 0 Å². The predicted octanol–water partition coefficient (Wildman–Crippen LogP) is 6.78. The lowest BCUT2D eigenvalue weighted by Gasteiger charge is -2.19. The van der Waals surface area contributed by atoms with Crippen molar-refractivity contribution >= 4 is 33.3 Å². The summed E-state index contributed by atoms with van der Waals surface area (Å²) in [5, 5.41) is 5.26. The van der Waals surface area contributed by atoms with Crippen molar-refractivity contribution in [2.24, 2.45) is 0 Å². The smallest absolute Gasteiger partial charge is 0.0443 e. The average molecular weight is 339 g/mol. The van der Waals surface area contributed by atoms with Crippen LogP contribution in [0.15, 0.2) is 91.5 Å². The molecule has 0 saturated heterocycles. The van der Waals surface area contributed by atoms with Crippen molar-refractivity contribution in [1.29, 1.82) is 0 Å². The van der Waals surface area contributed by atoms with E-state index in [2.05, 4.69) is 80.0 Å². The molecule has 0 saturated carbocycles. The molecule has 0 heterocycles. The summed E-state index contributed by atoms with van der Waals surface area (Å²) in [4.78, 5) is 2.29. The van der Waals surface area contributed by atoms with E-state index in [-0.39, 0.29) is 0 Å². The van der Waals surface area contributed by atoms with Crippen molar-refractivity contribution in [1.82, 2.24) is 0 Å². The fourth-order valence-corrected chi connectivity index (χ4v) is 3.04. The Kier molecular flexibility index (Phi) is 5.70. The first-order valence-corrected chi connectivity index (χ1v) is 9.03. The number of benzene rings is 4. The first-order chi connectivity index (χ1) is 12.7. The maximum atomic E-state index is 3.63. The van der Waals surface area contributed by atoms with E-state index >= 15 is 0 Å². The lowest BCUT2D eigenvalue weighted by molar-refractivity contribution is 0.974. The molecular weight excluding hydrogens is 314 g/mol. The van der Waals surface area contributed by atoms with Gasteiger partial charge in [0.05, 0.1) is 0 Å². The largest absolute Gasteiger partial charge is 0.374 e. The normalized spacial score (nSPS) is 10.2. The summed E-state index contributed by atoms with van der Waals surface area (Å²) < 4.78 is 0. The molecule has 0 aromatic heterocycles. The third-order valence-electron chi connectivity index (χ3n) is 4.64. The molecule has 0 bridgehead atoms. The molecule has 0 radical (unpaired) electrons. The van der Waals surface area contributed by atoms with Gasteiger partial charge in [0.1, 0.15) is 0 Å². The van der Waals surface area contributed by atoms with Crippen LogP contribution in [0.2, 0.25) is 0 Å². The molecule has 0 atom stereocenters. The van der Waals surface area contributed by atoms with Gasteiger partial charge in [0.15, 0.2) is 0 Å². The second kappa shape index (κ2) is 8.35. The number of hydrogen-bond donors (Lipinski definition) is 0. The minimum absolute atomic E-state index is 1.02. The fourth-order valence-electron chi connectivity index (χ4n) is 3.04. The Morgan fingerprint density at radius 3 is 2.00 bits per heavy atom. The zero-order valence-corrected chi connectivity index (χ0v) is 15.5. The van der Waals surface area contributed by atoms with Crippen LogP contribution < -0.4 is 4.90 Å². The maximum Gasteiger partial charge on any atom is 0.0443 e. The zero-order valence-electron chi connectivity index (χ0n) is 15.5. The minimum atomic E-state index is 1.02. The van der Waals surface area contributed by atoms with E-state index in [9.17, 15) is 0 Å². The highest BCUT2D eigenvalue weighted by Crippen LogP contribution is 2.30. The lowest BCUT2D eigenvalue weighted by Crippen LogP contribution is -2.15. The van der Waals surface area contributed by atoms with Gasteiger partial charge in [-0.3, -0.25) is 0 Å². The van der Waals surface area contributed by atoms with Crippen LogP contribution in [0.5, 0.6) is 0 Å². The molecule has 130 valence electrons. The molecule has 0 N–H and O–H groups in total. The summed E-state index contributed by atoms with van der Waals surface area (Å²) in [5.74, 6) is 0. The molecule has 0 aliphatic heterocycles. The Balaban J connectivity index is 0.000000206. The first-order valence-electron chi connectivity index (χ1n) is 9.03. The monoisotopic (exact) mass is 339 g/mol. The molecule has 4 aromatic carbocycles. The van der Waals surface area contributed by atoms with Crippen molar-refractivity contribution in [2.75, 3.05) is 18.5 Å². The third-order valence-corrected chi connectivity index (χ3v) is 4.64. The van der Waals surface area contributed by atoms with Gasteiger partial charge in [0.2, 0.25) is 0 Å². The Morgan fingerprint density at radius 2 is 1.38 bits per heavy atom. The van der Waals surface area contributed by atoms with Gasteiger partial charge in [0.25, 0.3) is 0 Å². The fraction of sp³-hybridized carbons (Fsp3) is 0.120. The molecular formula is C25H25N. The molecule has 0 spiro atoms. The second-order valence-corrected chi connectivity index (χ2v) is 6.33. The Hall–Kier alpha value is -3.06. The molecule has 0 amide bonds. The predicted molar refractivity (Wildman–Crippen MR) is 117 cm³/mol. The van der Waals surface area contributed by atoms with Crippen molar-refractivity contribution in [3.63, 3.8) is 0 Å². The van der Waals surface area contributed by atoms with Crippen LogP contribution in [-0.2, 0) is 0 Å². The maximum absolute atomic E-state index is 3.63. The number of hydrogen-bond acceptors (Lipinski definition) is 1. The van der Waals surface area contributed by atoms with Crippen molar-refractivity contribution < 1.29 is 0 Å². The van der Waals surface area contributed by atoms with Crippen molar-refractivity contribution in [3.05, 3.63) is 97.1 Å². The van der Waals surface area contributed by atoms with E-state index in [1.807, 2.05) is 36.4 Å². The molecule has 0 unspecified atom stereocenters. The minimum Gasteiger partial charge on any atom is -0.374 e. The number of fused-ring (bicyclic) bond motifs is 2. The molecule has 0 aliphatic rings. The molecule has 1 nitrogen and oxygen atoms in total. The highest BCUT2D eigenvalue weighted by atomic mass is 15.1. The molecule has 26 heavy (non-hydrogen) atoms. The van der Waals surface area contributed by atoms with Gasteiger partial charge in [-0.1, -0.05) is 79.4 Å². The van der Waals surface area contributed by atoms with Gasteiger partial charge < -0.3 is 4.90 Å². The molecule has 4 rings (SSSR count). The zero-order chi connectivity index (χ0) is 18.4. The van der Waals surface area contributed by atoms with Crippen LogP contribution in [0.3, 0.4) is 0 Å². The van der Waals surface area contributed by atoms with Gasteiger partial charge in [-0.05, 0) is 46.8 Å². The van der Waals surface area contributed by atoms with Crippen LogP contribution in [0, 0.1) is 0 Å². The summed E-state index contributed by atoms with van der Waals surface area (Å²) in [6.07, 6.45) is 1.83. The van der Waals surface area contributed by atoms with Gasteiger partial charge in [-0.15, -0.1) is 0 Å². The highest BCUT2D eigenvalue weighted by molar-refractivity contribution is 6.03. The number of rotatable bonds is 3. The van der Waals surface area contributed by atoms with E-state index in [4.69, 9.17) is 0 Å². The Labute approximate surface area is 156 Å². The molecule has 0 fully saturated rings. The summed E-state index contributed by atoms with van der Waals surface area (Å²) in [6.45, 7) is 6.83. The van der Waals surface area contributed by atoms with Gasteiger partial charge >= 0.3 is 0 Å². The highest BCUT2D eigenvalue weighted by Gasteiger charge is 2.05. The van der Waals surface area contributed by atoms with E-state index in [1.165, 1.54) is 32.8 Å². The topological polar surface area (TPSA) is 3.24 Å². The van der Waals surface area contributed by atoms with E-state index in [1.54, 1.807) is 0 Å². The Morgan fingerprint density at radius 1 is 0.769 bits per heavy atom. The SMILES string of the molecule is C=Cc1ccccc1.CCN(C)c1cccc2cc3ccccc3cc12. The average Bonchev–Trinajstić information content (AvgIpc) is 2.72. The molecule has 0 aliphatic carbocycles. The van der Waals surface area contributed by atoms with E-state index < -0.39 is 0 Å². The lowest BCUT2D eigenvalue weighted by atomic mass is 10.0. The standard InChI is InChI=1S/C17H17N.C8H8/c1-3-18(2)17-10-6-9-15-11-13-7-4-5-8-14(13)12-16(15)17;1-2-8-6-4-3-5-7-8/h4-12H,3H2,1-2H3;2-7H,1H2. The molecule has 4 aromatic rings. The first kappa shape index (κ1) is 17.8. The summed E-state index contributed by atoms with van der Waals surface area (Å²) in [7, 11) is 2.14. The third kappa shape index (κ3) is 3.94. The molecule has 1 heteroatoms. The number of anilines is 1. The van der Waals surface area contributed by atoms with Crippen LogP contribution in [0.1, 0.15) is 12.5 Å². The van der Waals surface area contributed by atoms with Crippen molar-refractivity contribution in [2.45, 2.75) is 6.92 Å². The second-order valence-electron chi connectivity index (χ2n) is 6.33. The number of nitrogens with zero attached hydrogens (tertiary/aromatic N) is 1. The van der Waals surface area contributed by atoms with E-state index in [0.717, 1.165) is 6.54 Å². The van der Waals surface area contributed by atoms with Crippen LogP contribution in [0.25, 0.3) is 27.6 Å². The summed E-state index contributed by atoms with van der Waals surface area (Å²) in [6, 6.07) is 29.7. The summed E-state index contributed by atoms with van der Waals surface area (Å²) in [5.41, 5.74) is 2.48. The van der Waals surface area contributed by atoms with Crippen LogP contribution in [-0.4, -0.2) is 13.6 Å². The quantitative estimate of drug-likeness (QED) is 0.372. The Bertz CT molecular complexity index is 1000. The van der Waals surface area contributed by atoms with Gasteiger partial charge in [0, 0.05) is 24.7 Å². The van der Waals surface area contributed by atoms with Crippen LogP contribution >= 0.6 is 0 Å². The van der Waals surface area contributed by atoms with Crippen molar-refractivity contribution in [3.8, 4) is 0 Å². The summed E-state index contributed by atoms with van der Waals surface area (Å²) >= 11 is 0.